The van der Waals surface area contributed by atoms with E-state index < -0.39 is 22.5 Å². The number of carbonyl (C=O) groups is 2. The predicted octanol–water partition coefficient (Wildman–Crippen LogP) is 4.68. The lowest BCUT2D eigenvalue weighted by molar-refractivity contribution is -0.119. The van der Waals surface area contributed by atoms with E-state index in [0.29, 0.717) is 28.4 Å². The van der Waals surface area contributed by atoms with Crippen molar-refractivity contribution in [1.82, 2.24) is 5.43 Å². The SMILES string of the molecule is COc1ccccc1NC(=O)COc1ccc(/C=N/NC(=O)CN(c2cccc(C)c2)S(=O)(=O)c2ccc(C)cc2)cc1. The number of hydrogen-bond donors (Lipinski definition) is 2. The molecular formula is C32H32N4O6S. The first kappa shape index (κ1) is 30.8. The van der Waals surface area contributed by atoms with Crippen LogP contribution in [0, 0.1) is 13.8 Å². The Labute approximate surface area is 251 Å². The van der Waals surface area contributed by atoms with Gasteiger partial charge in [-0.25, -0.2) is 13.8 Å². The number of anilines is 2. The average molecular weight is 601 g/mol. The van der Waals surface area contributed by atoms with E-state index in [1.165, 1.54) is 25.5 Å². The molecule has 0 unspecified atom stereocenters. The maximum atomic E-state index is 13.5. The number of ether oxygens (including phenoxy) is 2. The van der Waals surface area contributed by atoms with Crippen molar-refractivity contribution in [3.8, 4) is 11.5 Å². The maximum absolute atomic E-state index is 13.5. The second-order valence-corrected chi connectivity index (χ2v) is 11.4. The van der Waals surface area contributed by atoms with E-state index in [4.69, 9.17) is 9.47 Å². The zero-order chi connectivity index (χ0) is 30.8. The molecule has 11 heteroatoms. The van der Waals surface area contributed by atoms with Gasteiger partial charge in [-0.15, -0.1) is 0 Å². The van der Waals surface area contributed by atoms with Gasteiger partial charge in [0.2, 0.25) is 0 Å². The van der Waals surface area contributed by atoms with E-state index >= 15 is 0 Å². The Balaban J connectivity index is 1.35. The molecule has 0 spiro atoms. The molecule has 4 aromatic carbocycles. The number of methoxy groups -OCH3 is 1. The molecule has 4 aromatic rings. The molecule has 0 saturated carbocycles. The molecule has 0 aliphatic heterocycles. The molecular weight excluding hydrogens is 568 g/mol. The summed E-state index contributed by atoms with van der Waals surface area (Å²) < 4.78 is 38.8. The number of rotatable bonds is 12. The van der Waals surface area contributed by atoms with E-state index in [-0.39, 0.29) is 17.4 Å². The van der Waals surface area contributed by atoms with E-state index in [1.807, 2.05) is 19.9 Å². The van der Waals surface area contributed by atoms with Crippen LogP contribution in [0.25, 0.3) is 0 Å². The summed E-state index contributed by atoms with van der Waals surface area (Å²) in [6.07, 6.45) is 1.42. The Morgan fingerprint density at radius 3 is 2.28 bits per heavy atom. The van der Waals surface area contributed by atoms with Gasteiger partial charge < -0.3 is 14.8 Å². The third-order valence-electron chi connectivity index (χ3n) is 6.22. The Bertz CT molecular complexity index is 1700. The number of benzene rings is 4. The number of aryl methyl sites for hydroxylation is 2. The highest BCUT2D eigenvalue weighted by atomic mass is 32.2. The lowest BCUT2D eigenvalue weighted by Crippen LogP contribution is -2.39. The van der Waals surface area contributed by atoms with Gasteiger partial charge in [-0.2, -0.15) is 5.10 Å². The Kier molecular flexibility index (Phi) is 10.1. The minimum absolute atomic E-state index is 0.0792. The highest BCUT2D eigenvalue weighted by Gasteiger charge is 2.27. The molecule has 0 bridgehead atoms. The first-order valence-corrected chi connectivity index (χ1v) is 14.7. The van der Waals surface area contributed by atoms with Crippen molar-refractivity contribution in [1.29, 1.82) is 0 Å². The van der Waals surface area contributed by atoms with Crippen molar-refractivity contribution in [2.45, 2.75) is 18.7 Å². The highest BCUT2D eigenvalue weighted by molar-refractivity contribution is 7.92. The fourth-order valence-electron chi connectivity index (χ4n) is 4.01. The van der Waals surface area contributed by atoms with E-state index in [2.05, 4.69) is 15.8 Å². The number of carbonyl (C=O) groups excluding carboxylic acids is 2. The van der Waals surface area contributed by atoms with Crippen LogP contribution < -0.4 is 24.5 Å². The van der Waals surface area contributed by atoms with Gasteiger partial charge in [0.15, 0.2) is 6.61 Å². The van der Waals surface area contributed by atoms with Gasteiger partial charge in [-0.05, 0) is 85.6 Å². The summed E-state index contributed by atoms with van der Waals surface area (Å²) >= 11 is 0. The zero-order valence-corrected chi connectivity index (χ0v) is 24.8. The number of nitrogens with one attached hydrogen (secondary N) is 2. The Morgan fingerprint density at radius 1 is 0.860 bits per heavy atom. The van der Waals surface area contributed by atoms with Gasteiger partial charge in [0.05, 0.1) is 29.6 Å². The normalized spacial score (nSPS) is 11.1. The summed E-state index contributed by atoms with van der Waals surface area (Å²) in [5, 5.41) is 6.71. The number of para-hydroxylation sites is 2. The number of sulfonamides is 1. The highest BCUT2D eigenvalue weighted by Crippen LogP contribution is 2.25. The summed E-state index contributed by atoms with van der Waals surface area (Å²) in [4.78, 5) is 25.2. The van der Waals surface area contributed by atoms with E-state index in [0.717, 1.165) is 15.4 Å². The van der Waals surface area contributed by atoms with Crippen molar-refractivity contribution in [3.63, 3.8) is 0 Å². The third kappa shape index (κ3) is 8.43. The van der Waals surface area contributed by atoms with E-state index in [9.17, 15) is 18.0 Å². The van der Waals surface area contributed by atoms with Gasteiger partial charge in [0.1, 0.15) is 18.0 Å². The largest absolute Gasteiger partial charge is 0.495 e. The lowest BCUT2D eigenvalue weighted by atomic mass is 10.2. The van der Waals surface area contributed by atoms with Crippen LogP contribution in [0.3, 0.4) is 0 Å². The van der Waals surface area contributed by atoms with Crippen molar-refractivity contribution in [3.05, 3.63) is 114 Å². The summed E-state index contributed by atoms with van der Waals surface area (Å²) in [6.45, 7) is 3.03. The minimum atomic E-state index is -4.03. The zero-order valence-electron chi connectivity index (χ0n) is 24.0. The summed E-state index contributed by atoms with van der Waals surface area (Å²) in [5.74, 6) is 0.0465. The van der Waals surface area contributed by atoms with Crippen molar-refractivity contribution < 1.29 is 27.5 Å². The first-order chi connectivity index (χ1) is 20.7. The standard InChI is InChI=1S/C32H32N4O6S/c1-23-11-17-28(18-12-23)43(39,40)36(26-8-6-7-24(2)19-26)21-31(37)35-33-20-25-13-15-27(16-14-25)42-22-32(38)34-29-9-4-5-10-30(29)41-3/h4-20H,21-22H2,1-3H3,(H,34,38)(H,35,37)/b33-20+. The van der Waals surface area contributed by atoms with Crippen molar-refractivity contribution in [2.24, 2.45) is 5.10 Å². The van der Waals surface area contributed by atoms with Crippen LogP contribution in [0.5, 0.6) is 11.5 Å². The fraction of sp³-hybridized carbons (Fsp3) is 0.156. The van der Waals surface area contributed by atoms with Crippen LogP contribution >= 0.6 is 0 Å². The summed E-state index contributed by atoms with van der Waals surface area (Å²) in [6, 6.07) is 27.2. The molecule has 222 valence electrons. The molecule has 0 aliphatic carbocycles. The molecule has 4 rings (SSSR count). The predicted molar refractivity (Wildman–Crippen MR) is 166 cm³/mol. The van der Waals surface area contributed by atoms with Gasteiger partial charge in [0, 0.05) is 0 Å². The molecule has 43 heavy (non-hydrogen) atoms. The van der Waals surface area contributed by atoms with Crippen LogP contribution in [-0.2, 0) is 19.6 Å². The van der Waals surface area contributed by atoms with Crippen LogP contribution in [-0.4, -0.2) is 46.7 Å². The first-order valence-electron chi connectivity index (χ1n) is 13.3. The molecule has 0 heterocycles. The quantitative estimate of drug-likeness (QED) is 0.180. The van der Waals surface area contributed by atoms with E-state index in [1.54, 1.807) is 78.9 Å². The molecule has 2 amide bonds. The van der Waals surface area contributed by atoms with Gasteiger partial charge in [0.25, 0.3) is 21.8 Å². The molecule has 0 saturated heterocycles. The number of hydrogen-bond acceptors (Lipinski definition) is 7. The van der Waals surface area contributed by atoms with Crippen LogP contribution in [0.15, 0.2) is 107 Å². The monoisotopic (exact) mass is 600 g/mol. The van der Waals surface area contributed by atoms with Gasteiger partial charge in [-0.3, -0.25) is 13.9 Å². The molecule has 0 aromatic heterocycles. The number of amides is 2. The molecule has 0 aliphatic rings. The van der Waals surface area contributed by atoms with Crippen LogP contribution in [0.2, 0.25) is 0 Å². The lowest BCUT2D eigenvalue weighted by Gasteiger charge is -2.24. The second-order valence-electron chi connectivity index (χ2n) is 9.56. The maximum Gasteiger partial charge on any atom is 0.264 e. The number of nitrogens with zero attached hydrogens (tertiary/aromatic N) is 2. The molecule has 0 atom stereocenters. The Hall–Kier alpha value is -5.16. The molecule has 2 N–H and O–H groups in total. The van der Waals surface area contributed by atoms with Gasteiger partial charge in [-0.1, -0.05) is 42.0 Å². The number of hydrazone groups is 1. The molecule has 0 fully saturated rings. The fourth-order valence-corrected chi connectivity index (χ4v) is 5.43. The minimum Gasteiger partial charge on any atom is -0.495 e. The molecule has 0 radical (unpaired) electrons. The van der Waals surface area contributed by atoms with Crippen LogP contribution in [0.1, 0.15) is 16.7 Å². The van der Waals surface area contributed by atoms with Crippen molar-refractivity contribution in [2.75, 3.05) is 29.9 Å². The summed E-state index contributed by atoms with van der Waals surface area (Å²) in [7, 11) is -2.50. The third-order valence-corrected chi connectivity index (χ3v) is 8.01. The molecule has 10 nitrogen and oxygen atoms in total. The topological polar surface area (TPSA) is 126 Å². The van der Waals surface area contributed by atoms with Crippen LogP contribution in [0.4, 0.5) is 11.4 Å². The average Bonchev–Trinajstić information content (AvgIpc) is 3.00. The second kappa shape index (κ2) is 14.1. The Morgan fingerprint density at radius 2 is 1.58 bits per heavy atom. The van der Waals surface area contributed by atoms with Crippen molar-refractivity contribution >= 4 is 39.4 Å². The summed E-state index contributed by atoms with van der Waals surface area (Å²) in [5.41, 5.74) is 5.72. The van der Waals surface area contributed by atoms with Gasteiger partial charge >= 0.3 is 0 Å². The smallest absolute Gasteiger partial charge is 0.264 e.